The highest BCUT2D eigenvalue weighted by molar-refractivity contribution is 5.91. The lowest BCUT2D eigenvalue weighted by atomic mass is 9.87. The Morgan fingerprint density at radius 2 is 2.00 bits per heavy atom. The lowest BCUT2D eigenvalue weighted by Crippen LogP contribution is -2.28. The van der Waals surface area contributed by atoms with Gasteiger partial charge in [0.2, 0.25) is 0 Å². The molecule has 0 unspecified atom stereocenters. The second-order valence-electron chi connectivity index (χ2n) is 5.26. The van der Waals surface area contributed by atoms with E-state index in [0.29, 0.717) is 16.8 Å². The van der Waals surface area contributed by atoms with E-state index in [1.54, 1.807) is 24.5 Å². The third-order valence-corrected chi connectivity index (χ3v) is 3.93. The average Bonchev–Trinajstić information content (AvgIpc) is 2.55. The smallest absolute Gasteiger partial charge is 0.312 e. The van der Waals surface area contributed by atoms with Crippen LogP contribution >= 0.6 is 0 Å². The number of nitrogens with zero attached hydrogens (tertiary/aromatic N) is 1. The molecule has 3 aromatic rings. The molecule has 0 fully saturated rings. The Labute approximate surface area is 125 Å². The van der Waals surface area contributed by atoms with Crippen molar-refractivity contribution in [3.05, 3.63) is 70.3 Å². The molecule has 0 spiro atoms. The standard InChI is InChI=1S/C17H12N2O3/c20-14-8-12(10-4-3-7-18-9-10)15-16(22-14)11-5-1-2-6-13(11)19-17(15)21/h1-7,9,12H,8H2,(H,19,21)/t12-/m1/s1. The van der Waals surface area contributed by atoms with Gasteiger partial charge in [0.15, 0.2) is 0 Å². The molecular formula is C17H12N2O3. The Bertz CT molecular complexity index is 932. The number of pyridine rings is 2. The monoisotopic (exact) mass is 292 g/mol. The van der Waals surface area contributed by atoms with Crippen molar-refractivity contribution in [3.63, 3.8) is 0 Å². The van der Waals surface area contributed by atoms with Crippen molar-refractivity contribution in [3.8, 4) is 5.75 Å². The molecule has 0 amide bonds. The van der Waals surface area contributed by atoms with Crippen LogP contribution in [0.2, 0.25) is 0 Å². The number of carbonyl (C=O) groups is 1. The summed E-state index contributed by atoms with van der Waals surface area (Å²) < 4.78 is 5.40. The molecular weight excluding hydrogens is 280 g/mol. The van der Waals surface area contributed by atoms with Crippen LogP contribution < -0.4 is 10.3 Å². The highest BCUT2D eigenvalue weighted by atomic mass is 16.5. The molecule has 0 saturated heterocycles. The van der Waals surface area contributed by atoms with Gasteiger partial charge in [-0.15, -0.1) is 0 Å². The van der Waals surface area contributed by atoms with Gasteiger partial charge < -0.3 is 9.72 Å². The summed E-state index contributed by atoms with van der Waals surface area (Å²) in [4.78, 5) is 31.5. The predicted molar refractivity (Wildman–Crippen MR) is 80.9 cm³/mol. The quantitative estimate of drug-likeness (QED) is 0.699. The van der Waals surface area contributed by atoms with Gasteiger partial charge in [-0.2, -0.15) is 0 Å². The minimum absolute atomic E-state index is 0.139. The van der Waals surface area contributed by atoms with Gasteiger partial charge in [-0.05, 0) is 23.8 Å². The van der Waals surface area contributed by atoms with Crippen molar-refractivity contribution in [2.24, 2.45) is 0 Å². The lowest BCUT2D eigenvalue weighted by molar-refractivity contribution is -0.135. The van der Waals surface area contributed by atoms with Crippen LogP contribution in [0.5, 0.6) is 5.75 Å². The molecule has 3 heterocycles. The maximum atomic E-state index is 12.5. The molecule has 4 rings (SSSR count). The minimum atomic E-state index is -0.336. The van der Waals surface area contributed by atoms with Crippen molar-refractivity contribution >= 4 is 16.9 Å². The number of nitrogens with one attached hydrogen (secondary N) is 1. The minimum Gasteiger partial charge on any atom is -0.425 e. The first kappa shape index (κ1) is 12.8. The van der Waals surface area contributed by atoms with Gasteiger partial charge in [0.25, 0.3) is 5.56 Å². The molecule has 1 aliphatic heterocycles. The summed E-state index contributed by atoms with van der Waals surface area (Å²) >= 11 is 0. The number of benzene rings is 1. The highest BCUT2D eigenvalue weighted by Crippen LogP contribution is 2.39. The summed E-state index contributed by atoms with van der Waals surface area (Å²) in [5, 5.41) is 0.735. The molecule has 0 radical (unpaired) electrons. The first-order chi connectivity index (χ1) is 10.7. The van der Waals surface area contributed by atoms with Gasteiger partial charge in [-0.1, -0.05) is 18.2 Å². The number of esters is 1. The van der Waals surface area contributed by atoms with E-state index in [9.17, 15) is 9.59 Å². The number of para-hydroxylation sites is 1. The van der Waals surface area contributed by atoms with E-state index in [2.05, 4.69) is 9.97 Å². The molecule has 1 N–H and O–H groups in total. The van der Waals surface area contributed by atoms with Crippen molar-refractivity contribution < 1.29 is 9.53 Å². The normalized spacial score (nSPS) is 17.1. The number of aromatic amines is 1. The summed E-state index contributed by atoms with van der Waals surface area (Å²) in [6, 6.07) is 11.0. The SMILES string of the molecule is O=C1C[C@H](c2cccnc2)c2c(c3ccccc3[nH]c2=O)O1. The van der Waals surface area contributed by atoms with Crippen molar-refractivity contribution in [1.29, 1.82) is 0 Å². The van der Waals surface area contributed by atoms with E-state index in [0.717, 1.165) is 10.9 Å². The van der Waals surface area contributed by atoms with Gasteiger partial charge in [-0.25, -0.2) is 0 Å². The number of carbonyl (C=O) groups excluding carboxylic acids is 1. The molecule has 108 valence electrons. The largest absolute Gasteiger partial charge is 0.425 e. The molecule has 0 bridgehead atoms. The summed E-state index contributed by atoms with van der Waals surface area (Å²) in [7, 11) is 0. The molecule has 1 aromatic carbocycles. The second kappa shape index (κ2) is 4.80. The highest BCUT2D eigenvalue weighted by Gasteiger charge is 2.32. The number of fused-ring (bicyclic) bond motifs is 3. The fourth-order valence-electron chi connectivity index (χ4n) is 2.95. The van der Waals surface area contributed by atoms with Crippen LogP contribution in [0.3, 0.4) is 0 Å². The van der Waals surface area contributed by atoms with Gasteiger partial charge in [0.1, 0.15) is 5.75 Å². The van der Waals surface area contributed by atoms with Gasteiger partial charge in [0.05, 0.1) is 17.5 Å². The second-order valence-corrected chi connectivity index (χ2v) is 5.26. The maximum absolute atomic E-state index is 12.5. The summed E-state index contributed by atoms with van der Waals surface area (Å²) in [5.74, 6) is -0.306. The van der Waals surface area contributed by atoms with Crippen molar-refractivity contribution in [2.45, 2.75) is 12.3 Å². The van der Waals surface area contributed by atoms with Crippen LogP contribution in [0.15, 0.2) is 53.6 Å². The Kier molecular flexibility index (Phi) is 2.79. The van der Waals surface area contributed by atoms with E-state index in [1.807, 2.05) is 24.3 Å². The maximum Gasteiger partial charge on any atom is 0.312 e. The van der Waals surface area contributed by atoms with E-state index in [-0.39, 0.29) is 23.9 Å². The third-order valence-electron chi connectivity index (χ3n) is 3.93. The Balaban J connectivity index is 2.04. The molecule has 5 nitrogen and oxygen atoms in total. The number of ether oxygens (including phenoxy) is 1. The summed E-state index contributed by atoms with van der Waals surface area (Å²) in [6.45, 7) is 0. The zero-order valence-corrected chi connectivity index (χ0v) is 11.6. The molecule has 22 heavy (non-hydrogen) atoms. The van der Waals surface area contributed by atoms with Crippen LogP contribution in [0.25, 0.3) is 10.9 Å². The fraction of sp³-hybridized carbons (Fsp3) is 0.118. The molecule has 0 aliphatic carbocycles. The Morgan fingerprint density at radius 1 is 1.14 bits per heavy atom. The number of hydrogen-bond donors (Lipinski definition) is 1. The molecule has 2 aromatic heterocycles. The Hall–Kier alpha value is -2.95. The number of rotatable bonds is 1. The van der Waals surface area contributed by atoms with Crippen LogP contribution in [0, 0.1) is 0 Å². The molecule has 1 atom stereocenters. The van der Waals surface area contributed by atoms with E-state index in [1.165, 1.54) is 0 Å². The Morgan fingerprint density at radius 3 is 2.82 bits per heavy atom. The van der Waals surface area contributed by atoms with Crippen LogP contribution in [0.1, 0.15) is 23.5 Å². The van der Waals surface area contributed by atoms with Crippen molar-refractivity contribution in [2.75, 3.05) is 0 Å². The molecule has 0 saturated carbocycles. The number of aromatic nitrogens is 2. The van der Waals surface area contributed by atoms with Gasteiger partial charge >= 0.3 is 5.97 Å². The zero-order chi connectivity index (χ0) is 15.1. The van der Waals surface area contributed by atoms with E-state index in [4.69, 9.17) is 4.74 Å². The number of hydrogen-bond acceptors (Lipinski definition) is 4. The first-order valence-corrected chi connectivity index (χ1v) is 6.99. The lowest BCUT2D eigenvalue weighted by Gasteiger charge is -2.24. The fourth-order valence-corrected chi connectivity index (χ4v) is 2.95. The van der Waals surface area contributed by atoms with Crippen LogP contribution in [0.4, 0.5) is 0 Å². The molecule has 1 aliphatic rings. The third kappa shape index (κ3) is 1.90. The topological polar surface area (TPSA) is 72.0 Å². The average molecular weight is 292 g/mol. The van der Waals surface area contributed by atoms with Crippen LogP contribution in [-0.2, 0) is 4.79 Å². The molecule has 5 heteroatoms. The number of H-pyrrole nitrogens is 1. The van der Waals surface area contributed by atoms with E-state index < -0.39 is 0 Å². The summed E-state index contributed by atoms with van der Waals surface area (Å²) in [5.41, 5.74) is 1.76. The first-order valence-electron chi connectivity index (χ1n) is 6.99. The van der Waals surface area contributed by atoms with Gasteiger partial charge in [-0.3, -0.25) is 14.6 Å². The van der Waals surface area contributed by atoms with E-state index >= 15 is 0 Å². The van der Waals surface area contributed by atoms with Gasteiger partial charge in [0, 0.05) is 23.7 Å². The summed E-state index contributed by atoms with van der Waals surface area (Å²) in [6.07, 6.45) is 3.48. The zero-order valence-electron chi connectivity index (χ0n) is 11.6. The van der Waals surface area contributed by atoms with Crippen LogP contribution in [-0.4, -0.2) is 15.9 Å². The predicted octanol–water partition coefficient (Wildman–Crippen LogP) is 2.36. The van der Waals surface area contributed by atoms with Crippen molar-refractivity contribution in [1.82, 2.24) is 9.97 Å².